The van der Waals surface area contributed by atoms with Crippen molar-refractivity contribution in [2.24, 2.45) is 11.7 Å². The van der Waals surface area contributed by atoms with Crippen molar-refractivity contribution < 1.29 is 9.32 Å². The molecule has 0 bridgehead atoms. The zero-order valence-corrected chi connectivity index (χ0v) is 16.3. The lowest BCUT2D eigenvalue weighted by Crippen LogP contribution is -2.38. The van der Waals surface area contributed by atoms with Gasteiger partial charge in [0.1, 0.15) is 0 Å². The van der Waals surface area contributed by atoms with Crippen LogP contribution in [0.5, 0.6) is 0 Å². The normalized spacial score (nSPS) is 15.6. The number of likely N-dealkylation sites (tertiary alicyclic amines) is 1. The number of nitrogens with two attached hydrogens (primary N) is 1. The number of carbonyl (C=O) groups excluding carboxylic acids is 1. The molecule has 9 heteroatoms. The molecule has 152 valence electrons. The third-order valence-corrected chi connectivity index (χ3v) is 5.54. The number of carbonyl (C=O) groups is 1. The standard InChI is InChI=1S/C21H21N7O2/c22-19(29)14-6-9-27(10-7-14)13-18-25-24-17-12-16(8-11-28(17)18)21-23-20(26-30-21)15-4-2-1-3-5-15/h1-5,8,11-12,14H,6-7,9-10,13H2,(H2,22,29). The van der Waals surface area contributed by atoms with E-state index in [2.05, 4.69) is 25.2 Å². The van der Waals surface area contributed by atoms with Crippen LogP contribution in [0.25, 0.3) is 28.5 Å². The fraction of sp³-hybridized carbons (Fsp3) is 0.286. The highest BCUT2D eigenvalue weighted by molar-refractivity contribution is 5.76. The molecule has 5 rings (SSSR count). The maximum absolute atomic E-state index is 11.3. The Morgan fingerprint density at radius 3 is 2.67 bits per heavy atom. The van der Waals surface area contributed by atoms with E-state index >= 15 is 0 Å². The summed E-state index contributed by atoms with van der Waals surface area (Å²) in [6, 6.07) is 13.5. The molecular weight excluding hydrogens is 382 g/mol. The smallest absolute Gasteiger partial charge is 0.258 e. The number of aromatic nitrogens is 5. The highest BCUT2D eigenvalue weighted by Crippen LogP contribution is 2.24. The van der Waals surface area contributed by atoms with Crippen molar-refractivity contribution in [2.75, 3.05) is 13.1 Å². The molecule has 4 aromatic rings. The summed E-state index contributed by atoms with van der Waals surface area (Å²) in [7, 11) is 0. The van der Waals surface area contributed by atoms with Crippen molar-refractivity contribution in [3.05, 3.63) is 54.5 Å². The third kappa shape index (κ3) is 3.55. The van der Waals surface area contributed by atoms with Crippen molar-refractivity contribution in [2.45, 2.75) is 19.4 Å². The number of rotatable bonds is 5. The van der Waals surface area contributed by atoms with Gasteiger partial charge >= 0.3 is 0 Å². The molecule has 2 N–H and O–H groups in total. The summed E-state index contributed by atoms with van der Waals surface area (Å²) >= 11 is 0. The van der Waals surface area contributed by atoms with Crippen LogP contribution >= 0.6 is 0 Å². The Balaban J connectivity index is 1.33. The first-order valence-electron chi connectivity index (χ1n) is 9.92. The molecule has 1 amide bonds. The second-order valence-corrected chi connectivity index (χ2v) is 7.50. The van der Waals surface area contributed by atoms with Crippen molar-refractivity contribution in [3.8, 4) is 22.8 Å². The first-order chi connectivity index (χ1) is 14.7. The number of pyridine rings is 1. The van der Waals surface area contributed by atoms with Gasteiger partial charge in [0.25, 0.3) is 5.89 Å². The van der Waals surface area contributed by atoms with Gasteiger partial charge in [-0.25, -0.2) is 0 Å². The lowest BCUT2D eigenvalue weighted by Gasteiger charge is -2.29. The van der Waals surface area contributed by atoms with Gasteiger partial charge in [-0.05, 0) is 38.1 Å². The van der Waals surface area contributed by atoms with Crippen LogP contribution in [-0.4, -0.2) is 48.6 Å². The van der Waals surface area contributed by atoms with E-state index in [1.807, 2.05) is 53.1 Å². The molecule has 0 radical (unpaired) electrons. The van der Waals surface area contributed by atoms with E-state index in [4.69, 9.17) is 10.3 Å². The zero-order valence-electron chi connectivity index (χ0n) is 16.3. The molecule has 0 aliphatic carbocycles. The number of hydrogen-bond acceptors (Lipinski definition) is 7. The SMILES string of the molecule is NC(=O)C1CCN(Cc2nnc3cc(-c4nc(-c5ccccc5)no4)ccn23)CC1. The Morgan fingerprint density at radius 2 is 1.90 bits per heavy atom. The van der Waals surface area contributed by atoms with Gasteiger partial charge in [-0.3, -0.25) is 14.1 Å². The lowest BCUT2D eigenvalue weighted by molar-refractivity contribution is -0.123. The van der Waals surface area contributed by atoms with Crippen molar-refractivity contribution in [1.82, 2.24) is 29.6 Å². The number of nitrogens with zero attached hydrogens (tertiary/aromatic N) is 6. The van der Waals surface area contributed by atoms with Crippen LogP contribution in [0.3, 0.4) is 0 Å². The van der Waals surface area contributed by atoms with Crippen molar-refractivity contribution >= 4 is 11.6 Å². The van der Waals surface area contributed by atoms with Crippen LogP contribution in [0.2, 0.25) is 0 Å². The fourth-order valence-corrected chi connectivity index (χ4v) is 3.80. The maximum atomic E-state index is 11.3. The van der Waals surface area contributed by atoms with Crippen LogP contribution in [0.4, 0.5) is 0 Å². The van der Waals surface area contributed by atoms with Gasteiger partial charge in [0, 0.05) is 23.2 Å². The highest BCUT2D eigenvalue weighted by atomic mass is 16.5. The number of piperidine rings is 1. The maximum Gasteiger partial charge on any atom is 0.258 e. The van der Waals surface area contributed by atoms with Gasteiger partial charge in [0.05, 0.1) is 6.54 Å². The second kappa shape index (κ2) is 7.68. The van der Waals surface area contributed by atoms with E-state index in [1.54, 1.807) is 0 Å². The molecule has 30 heavy (non-hydrogen) atoms. The molecule has 4 heterocycles. The molecule has 9 nitrogen and oxygen atoms in total. The molecular formula is C21H21N7O2. The van der Waals surface area contributed by atoms with Gasteiger partial charge in [-0.1, -0.05) is 35.5 Å². The Hall–Kier alpha value is -3.59. The molecule has 3 aromatic heterocycles. The van der Waals surface area contributed by atoms with Crippen LogP contribution in [0.15, 0.2) is 53.2 Å². The second-order valence-electron chi connectivity index (χ2n) is 7.50. The van der Waals surface area contributed by atoms with Crippen LogP contribution < -0.4 is 5.73 Å². The van der Waals surface area contributed by atoms with E-state index in [0.29, 0.717) is 23.9 Å². The molecule has 0 atom stereocenters. The van der Waals surface area contributed by atoms with Gasteiger partial charge in [0.15, 0.2) is 11.5 Å². The van der Waals surface area contributed by atoms with Crippen LogP contribution in [0.1, 0.15) is 18.7 Å². The Morgan fingerprint density at radius 1 is 1.10 bits per heavy atom. The monoisotopic (exact) mass is 403 g/mol. The summed E-state index contributed by atoms with van der Waals surface area (Å²) in [6.07, 6.45) is 3.50. The topological polar surface area (TPSA) is 115 Å². The molecule has 0 spiro atoms. The average Bonchev–Trinajstić information content (AvgIpc) is 3.42. The number of fused-ring (bicyclic) bond motifs is 1. The first-order valence-corrected chi connectivity index (χ1v) is 9.92. The molecule has 1 saturated heterocycles. The molecule has 1 fully saturated rings. The number of hydrogen-bond donors (Lipinski definition) is 1. The molecule has 0 saturated carbocycles. The summed E-state index contributed by atoms with van der Waals surface area (Å²) in [5, 5.41) is 12.7. The van der Waals surface area contributed by atoms with E-state index in [9.17, 15) is 4.79 Å². The highest BCUT2D eigenvalue weighted by Gasteiger charge is 2.24. The Bertz CT molecular complexity index is 1180. The van der Waals surface area contributed by atoms with Crippen molar-refractivity contribution in [1.29, 1.82) is 0 Å². The van der Waals surface area contributed by atoms with Gasteiger partial charge in [-0.2, -0.15) is 4.98 Å². The van der Waals surface area contributed by atoms with Gasteiger partial charge in [-0.15, -0.1) is 10.2 Å². The predicted molar refractivity (Wildman–Crippen MR) is 109 cm³/mol. The minimum Gasteiger partial charge on any atom is -0.369 e. The van der Waals surface area contributed by atoms with E-state index in [0.717, 1.165) is 42.9 Å². The van der Waals surface area contributed by atoms with Gasteiger partial charge < -0.3 is 10.3 Å². The number of primary amides is 1. The lowest BCUT2D eigenvalue weighted by atomic mass is 9.96. The average molecular weight is 403 g/mol. The van der Waals surface area contributed by atoms with Crippen LogP contribution in [-0.2, 0) is 11.3 Å². The largest absolute Gasteiger partial charge is 0.369 e. The minimum atomic E-state index is -0.202. The molecule has 1 aromatic carbocycles. The van der Waals surface area contributed by atoms with Gasteiger partial charge in [0.2, 0.25) is 11.7 Å². The summed E-state index contributed by atoms with van der Waals surface area (Å²) < 4.78 is 7.40. The van der Waals surface area contributed by atoms with E-state index in [1.165, 1.54) is 0 Å². The molecule has 0 unspecified atom stereocenters. The first kappa shape index (κ1) is 18.4. The predicted octanol–water partition coefficient (Wildman–Crippen LogP) is 2.14. The van der Waals surface area contributed by atoms with E-state index < -0.39 is 0 Å². The molecule has 1 aliphatic heterocycles. The summed E-state index contributed by atoms with van der Waals surface area (Å²) in [4.78, 5) is 18.1. The van der Waals surface area contributed by atoms with Crippen LogP contribution in [0, 0.1) is 5.92 Å². The zero-order chi connectivity index (χ0) is 20.5. The quantitative estimate of drug-likeness (QED) is 0.543. The summed E-state index contributed by atoms with van der Waals surface area (Å²) in [5.74, 6) is 1.62. The molecule has 1 aliphatic rings. The Labute approximate surface area is 172 Å². The number of amides is 1. The minimum absolute atomic E-state index is 0.0193. The Kier molecular flexibility index (Phi) is 4.72. The summed E-state index contributed by atoms with van der Waals surface area (Å²) in [6.45, 7) is 2.32. The number of benzene rings is 1. The van der Waals surface area contributed by atoms with E-state index in [-0.39, 0.29) is 11.8 Å². The van der Waals surface area contributed by atoms with Crippen molar-refractivity contribution in [3.63, 3.8) is 0 Å². The fourth-order valence-electron chi connectivity index (χ4n) is 3.80. The third-order valence-electron chi connectivity index (χ3n) is 5.54. The summed E-state index contributed by atoms with van der Waals surface area (Å²) in [5.41, 5.74) is 7.83.